The average molecular weight is 472 g/mol. The molecule has 172 valence electrons. The van der Waals surface area contributed by atoms with Crippen LogP contribution in [0.15, 0.2) is 85.3 Å². The summed E-state index contributed by atoms with van der Waals surface area (Å²) in [6.45, 7) is 4.52. The third-order valence-electron chi connectivity index (χ3n) is 6.11. The molecule has 1 amide bonds. The summed E-state index contributed by atoms with van der Waals surface area (Å²) in [6.07, 6.45) is 5.52. The lowest BCUT2D eigenvalue weighted by atomic mass is 10.1. The molecule has 0 aliphatic carbocycles. The zero-order valence-corrected chi connectivity index (χ0v) is 19.6. The van der Waals surface area contributed by atoms with Gasteiger partial charge in [0.2, 0.25) is 0 Å². The normalized spacial score (nSPS) is 14.3. The Bertz CT molecular complexity index is 1230. The summed E-state index contributed by atoms with van der Waals surface area (Å²) in [4.78, 5) is 22.0. The van der Waals surface area contributed by atoms with Gasteiger partial charge in [-0.3, -0.25) is 19.4 Å². The molecule has 4 aromatic rings. The Kier molecular flexibility index (Phi) is 6.70. The van der Waals surface area contributed by atoms with Gasteiger partial charge in [0.05, 0.1) is 12.1 Å². The predicted molar refractivity (Wildman–Crippen MR) is 134 cm³/mol. The molecule has 5 rings (SSSR count). The van der Waals surface area contributed by atoms with Crippen molar-refractivity contribution in [3.63, 3.8) is 0 Å². The van der Waals surface area contributed by atoms with Gasteiger partial charge in [-0.2, -0.15) is 5.10 Å². The fourth-order valence-electron chi connectivity index (χ4n) is 4.28. The lowest BCUT2D eigenvalue weighted by Crippen LogP contribution is -2.48. The summed E-state index contributed by atoms with van der Waals surface area (Å²) in [6, 6.07) is 21.7. The van der Waals surface area contributed by atoms with Crippen molar-refractivity contribution in [3.8, 4) is 11.3 Å². The van der Waals surface area contributed by atoms with Gasteiger partial charge in [0.25, 0.3) is 5.91 Å². The van der Waals surface area contributed by atoms with Crippen LogP contribution in [0.3, 0.4) is 0 Å². The van der Waals surface area contributed by atoms with E-state index in [2.05, 4.69) is 22.0 Å². The Morgan fingerprint density at radius 2 is 1.50 bits per heavy atom. The van der Waals surface area contributed by atoms with E-state index in [9.17, 15) is 4.79 Å². The standard InChI is InChI=1S/C27H26ClN5O/c28-24-8-6-23(7-9-24)26-25(20-33(30-26)19-21-4-2-1-3-5-21)27(34)32-16-14-31(15-17-32)18-22-10-12-29-13-11-22/h1-13,20H,14-19H2. The number of benzene rings is 2. The molecule has 7 heteroatoms. The van der Waals surface area contributed by atoms with Crippen molar-refractivity contribution >= 4 is 17.5 Å². The maximum absolute atomic E-state index is 13.6. The van der Waals surface area contributed by atoms with Crippen LogP contribution in [0.2, 0.25) is 5.02 Å². The van der Waals surface area contributed by atoms with E-state index in [1.165, 1.54) is 5.56 Å². The number of carbonyl (C=O) groups is 1. The first-order valence-electron chi connectivity index (χ1n) is 11.4. The van der Waals surface area contributed by atoms with E-state index in [0.29, 0.717) is 35.9 Å². The van der Waals surface area contributed by atoms with Crippen molar-refractivity contribution in [1.82, 2.24) is 24.6 Å². The Balaban J connectivity index is 1.35. The average Bonchev–Trinajstić information content (AvgIpc) is 3.29. The fourth-order valence-corrected chi connectivity index (χ4v) is 4.40. The van der Waals surface area contributed by atoms with Crippen LogP contribution in [0.4, 0.5) is 0 Å². The molecule has 0 spiro atoms. The van der Waals surface area contributed by atoms with Crippen molar-refractivity contribution in [3.05, 3.63) is 107 Å². The molecule has 0 radical (unpaired) electrons. The smallest absolute Gasteiger partial charge is 0.257 e. The minimum atomic E-state index is 0.0211. The first kappa shape index (κ1) is 22.3. The van der Waals surface area contributed by atoms with Crippen LogP contribution in [0.1, 0.15) is 21.5 Å². The topological polar surface area (TPSA) is 54.3 Å². The number of halogens is 1. The molecule has 0 N–H and O–H groups in total. The fraction of sp³-hybridized carbons (Fsp3) is 0.222. The zero-order valence-electron chi connectivity index (χ0n) is 18.8. The molecule has 1 aliphatic heterocycles. The minimum Gasteiger partial charge on any atom is -0.336 e. The van der Waals surface area contributed by atoms with Crippen LogP contribution in [-0.4, -0.2) is 56.7 Å². The molecule has 6 nitrogen and oxygen atoms in total. The molecule has 2 aromatic heterocycles. The number of hydrogen-bond donors (Lipinski definition) is 0. The molecule has 1 aliphatic rings. The highest BCUT2D eigenvalue weighted by molar-refractivity contribution is 6.30. The van der Waals surface area contributed by atoms with Crippen LogP contribution in [-0.2, 0) is 13.1 Å². The largest absolute Gasteiger partial charge is 0.336 e. The molecular weight excluding hydrogens is 446 g/mol. The predicted octanol–water partition coefficient (Wildman–Crippen LogP) is 4.60. The summed E-state index contributed by atoms with van der Waals surface area (Å²) >= 11 is 6.10. The Labute approximate surface area is 204 Å². The van der Waals surface area contributed by atoms with Crippen molar-refractivity contribution in [2.75, 3.05) is 26.2 Å². The van der Waals surface area contributed by atoms with Gasteiger partial charge in [-0.1, -0.05) is 54.1 Å². The molecule has 0 atom stereocenters. The molecule has 1 fully saturated rings. The van der Waals surface area contributed by atoms with E-state index in [1.807, 2.05) is 82.8 Å². The number of piperazine rings is 1. The van der Waals surface area contributed by atoms with E-state index >= 15 is 0 Å². The van der Waals surface area contributed by atoms with Gasteiger partial charge >= 0.3 is 0 Å². The Morgan fingerprint density at radius 1 is 0.824 bits per heavy atom. The molecular formula is C27H26ClN5O. The second kappa shape index (κ2) is 10.2. The quantitative estimate of drug-likeness (QED) is 0.412. The number of rotatable bonds is 6. The van der Waals surface area contributed by atoms with Crippen LogP contribution in [0.5, 0.6) is 0 Å². The van der Waals surface area contributed by atoms with Crippen LogP contribution >= 0.6 is 11.6 Å². The maximum Gasteiger partial charge on any atom is 0.257 e. The van der Waals surface area contributed by atoms with Crippen LogP contribution in [0, 0.1) is 0 Å². The van der Waals surface area contributed by atoms with E-state index in [4.69, 9.17) is 16.7 Å². The van der Waals surface area contributed by atoms with Crippen LogP contribution < -0.4 is 0 Å². The van der Waals surface area contributed by atoms with E-state index in [-0.39, 0.29) is 5.91 Å². The van der Waals surface area contributed by atoms with E-state index in [0.717, 1.165) is 30.8 Å². The molecule has 1 saturated heterocycles. The first-order chi connectivity index (χ1) is 16.7. The summed E-state index contributed by atoms with van der Waals surface area (Å²) in [5, 5.41) is 5.46. The molecule has 3 heterocycles. The molecule has 34 heavy (non-hydrogen) atoms. The zero-order chi connectivity index (χ0) is 23.3. The third-order valence-corrected chi connectivity index (χ3v) is 6.36. The third kappa shape index (κ3) is 5.19. The molecule has 0 bridgehead atoms. The molecule has 2 aromatic carbocycles. The summed E-state index contributed by atoms with van der Waals surface area (Å²) in [5.74, 6) is 0.0211. The van der Waals surface area contributed by atoms with Crippen LogP contribution in [0.25, 0.3) is 11.3 Å². The number of hydrogen-bond acceptors (Lipinski definition) is 4. The number of carbonyl (C=O) groups excluding carboxylic acids is 1. The van der Waals surface area contributed by atoms with Gasteiger partial charge in [0, 0.05) is 61.9 Å². The number of amides is 1. The first-order valence-corrected chi connectivity index (χ1v) is 11.8. The number of aromatic nitrogens is 3. The summed E-state index contributed by atoms with van der Waals surface area (Å²) < 4.78 is 1.85. The Hall–Kier alpha value is -3.48. The SMILES string of the molecule is O=C(c1cn(Cc2ccccc2)nc1-c1ccc(Cl)cc1)N1CCN(Cc2ccncc2)CC1. The van der Waals surface area contributed by atoms with Crippen molar-refractivity contribution in [2.45, 2.75) is 13.1 Å². The molecule has 0 unspecified atom stereocenters. The van der Waals surface area contributed by atoms with E-state index in [1.54, 1.807) is 0 Å². The van der Waals surface area contributed by atoms with Crippen molar-refractivity contribution in [2.24, 2.45) is 0 Å². The second-order valence-corrected chi connectivity index (χ2v) is 8.94. The highest BCUT2D eigenvalue weighted by Crippen LogP contribution is 2.26. The Morgan fingerprint density at radius 3 is 2.21 bits per heavy atom. The summed E-state index contributed by atoms with van der Waals surface area (Å²) in [7, 11) is 0. The van der Waals surface area contributed by atoms with Gasteiger partial charge in [0.15, 0.2) is 0 Å². The number of pyridine rings is 1. The number of nitrogens with zero attached hydrogens (tertiary/aromatic N) is 5. The highest BCUT2D eigenvalue weighted by atomic mass is 35.5. The molecule has 0 saturated carbocycles. The minimum absolute atomic E-state index is 0.0211. The van der Waals surface area contributed by atoms with Gasteiger partial charge in [-0.25, -0.2) is 0 Å². The van der Waals surface area contributed by atoms with Crippen molar-refractivity contribution in [1.29, 1.82) is 0 Å². The van der Waals surface area contributed by atoms with Gasteiger partial charge < -0.3 is 4.90 Å². The lowest BCUT2D eigenvalue weighted by Gasteiger charge is -2.34. The summed E-state index contributed by atoms with van der Waals surface area (Å²) in [5.41, 5.74) is 4.58. The van der Waals surface area contributed by atoms with Gasteiger partial charge in [-0.05, 0) is 35.4 Å². The second-order valence-electron chi connectivity index (χ2n) is 8.51. The maximum atomic E-state index is 13.6. The highest BCUT2D eigenvalue weighted by Gasteiger charge is 2.26. The van der Waals surface area contributed by atoms with Crippen molar-refractivity contribution < 1.29 is 4.79 Å². The van der Waals surface area contributed by atoms with Gasteiger partial charge in [-0.15, -0.1) is 0 Å². The van der Waals surface area contributed by atoms with Gasteiger partial charge in [0.1, 0.15) is 5.69 Å². The monoisotopic (exact) mass is 471 g/mol. The van der Waals surface area contributed by atoms with E-state index < -0.39 is 0 Å². The lowest BCUT2D eigenvalue weighted by molar-refractivity contribution is 0.0629.